The number of fused-ring (bicyclic) bond motifs is 1. The standard InChI is InChI=1S/C24H21F4N3O3/c1-3-34-15-7-5-14(6-8-15)19-11-17(16-10-13(2)4-9-18(16)29-19)22(32)31-24(33,23(27)28)12-20(30-31)21(25)26/h4-11,21,23,33H,3,12H2,1-2H3. The van der Waals surface area contributed by atoms with E-state index < -0.39 is 36.6 Å². The number of aromatic nitrogens is 1. The lowest BCUT2D eigenvalue weighted by atomic mass is 10.0. The lowest BCUT2D eigenvalue weighted by Crippen LogP contribution is -2.51. The molecule has 1 aliphatic rings. The van der Waals surface area contributed by atoms with E-state index in [2.05, 4.69) is 10.1 Å². The summed E-state index contributed by atoms with van der Waals surface area (Å²) in [6.45, 7) is 4.10. The van der Waals surface area contributed by atoms with Crippen molar-refractivity contribution in [3.63, 3.8) is 0 Å². The fourth-order valence-electron chi connectivity index (χ4n) is 3.77. The zero-order valence-corrected chi connectivity index (χ0v) is 18.3. The van der Waals surface area contributed by atoms with Crippen LogP contribution in [0.25, 0.3) is 22.2 Å². The zero-order chi connectivity index (χ0) is 24.6. The number of nitrogens with zero attached hydrogens (tertiary/aromatic N) is 3. The van der Waals surface area contributed by atoms with Crippen molar-refractivity contribution in [3.8, 4) is 17.0 Å². The summed E-state index contributed by atoms with van der Waals surface area (Å²) in [6.07, 6.45) is -7.86. The van der Waals surface area contributed by atoms with E-state index in [0.717, 1.165) is 5.56 Å². The fraction of sp³-hybridized carbons (Fsp3) is 0.292. The third-order valence-corrected chi connectivity index (χ3v) is 5.49. The lowest BCUT2D eigenvalue weighted by molar-refractivity contribution is -0.164. The Kier molecular flexibility index (Phi) is 6.26. The maximum Gasteiger partial charge on any atom is 0.287 e. The Morgan fingerprint density at radius 1 is 1.15 bits per heavy atom. The summed E-state index contributed by atoms with van der Waals surface area (Å²) in [4.78, 5) is 18.0. The number of carbonyl (C=O) groups is 1. The van der Waals surface area contributed by atoms with Gasteiger partial charge in [-0.05, 0) is 56.3 Å². The Morgan fingerprint density at radius 3 is 2.47 bits per heavy atom. The Morgan fingerprint density at radius 2 is 1.85 bits per heavy atom. The van der Waals surface area contributed by atoms with Crippen LogP contribution in [0.4, 0.5) is 17.6 Å². The number of aliphatic hydroxyl groups is 1. The van der Waals surface area contributed by atoms with Crippen molar-refractivity contribution in [2.45, 2.75) is 38.8 Å². The molecule has 1 unspecified atom stereocenters. The van der Waals surface area contributed by atoms with Crippen LogP contribution in [0.5, 0.6) is 5.75 Å². The maximum atomic E-state index is 13.7. The molecule has 6 nitrogen and oxygen atoms in total. The van der Waals surface area contributed by atoms with E-state index in [1.165, 1.54) is 6.07 Å². The van der Waals surface area contributed by atoms with Crippen molar-refractivity contribution >= 4 is 22.5 Å². The minimum absolute atomic E-state index is 0.0677. The van der Waals surface area contributed by atoms with E-state index >= 15 is 0 Å². The molecule has 0 fully saturated rings. The molecule has 178 valence electrons. The fourth-order valence-corrected chi connectivity index (χ4v) is 3.77. The molecule has 1 N–H and O–H groups in total. The number of aryl methyl sites for hydroxylation is 1. The van der Waals surface area contributed by atoms with Crippen molar-refractivity contribution in [1.29, 1.82) is 0 Å². The van der Waals surface area contributed by atoms with E-state index in [-0.39, 0.29) is 10.6 Å². The monoisotopic (exact) mass is 475 g/mol. The summed E-state index contributed by atoms with van der Waals surface area (Å²) >= 11 is 0. The molecule has 1 aromatic heterocycles. The van der Waals surface area contributed by atoms with Crippen LogP contribution in [0, 0.1) is 6.92 Å². The van der Waals surface area contributed by atoms with Crippen molar-refractivity contribution < 1.29 is 32.2 Å². The number of hydrogen-bond donors (Lipinski definition) is 1. The average Bonchev–Trinajstić information content (AvgIpc) is 3.18. The summed E-state index contributed by atoms with van der Waals surface area (Å²) in [7, 11) is 0. The molecule has 1 atom stereocenters. The van der Waals surface area contributed by atoms with Gasteiger partial charge in [-0.25, -0.2) is 22.5 Å². The first-order valence-corrected chi connectivity index (χ1v) is 10.5. The number of rotatable bonds is 6. The largest absolute Gasteiger partial charge is 0.494 e. The first kappa shape index (κ1) is 23.6. The second-order valence-electron chi connectivity index (χ2n) is 7.90. The van der Waals surface area contributed by atoms with Crippen LogP contribution in [-0.4, -0.2) is 51.9 Å². The van der Waals surface area contributed by atoms with Crippen LogP contribution >= 0.6 is 0 Å². The van der Waals surface area contributed by atoms with Crippen LogP contribution in [0.1, 0.15) is 29.3 Å². The summed E-state index contributed by atoms with van der Waals surface area (Å²) in [5.74, 6) is -0.504. The van der Waals surface area contributed by atoms with Crippen LogP contribution in [0.2, 0.25) is 0 Å². The first-order chi connectivity index (χ1) is 16.1. The van der Waals surface area contributed by atoms with E-state index in [1.807, 2.05) is 6.92 Å². The summed E-state index contributed by atoms with van der Waals surface area (Å²) in [6, 6.07) is 13.3. The molecule has 0 saturated carbocycles. The summed E-state index contributed by atoms with van der Waals surface area (Å²) in [5.41, 5.74) is -2.16. The van der Waals surface area contributed by atoms with Gasteiger partial charge in [0.15, 0.2) is 0 Å². The normalized spacial score (nSPS) is 18.1. The minimum Gasteiger partial charge on any atom is -0.494 e. The first-order valence-electron chi connectivity index (χ1n) is 10.5. The van der Waals surface area contributed by atoms with E-state index in [0.29, 0.717) is 34.5 Å². The number of hydrazone groups is 1. The molecule has 2 aromatic carbocycles. The molecule has 2 heterocycles. The Labute approximate surface area is 192 Å². The predicted octanol–water partition coefficient (Wildman–Crippen LogP) is 5.03. The van der Waals surface area contributed by atoms with Gasteiger partial charge in [0.1, 0.15) is 11.5 Å². The topological polar surface area (TPSA) is 75.0 Å². The van der Waals surface area contributed by atoms with Gasteiger partial charge in [0.25, 0.3) is 18.8 Å². The van der Waals surface area contributed by atoms with Crippen LogP contribution in [0.3, 0.4) is 0 Å². The molecule has 0 radical (unpaired) electrons. The molecule has 0 aliphatic carbocycles. The number of carbonyl (C=O) groups excluding carboxylic acids is 1. The van der Waals surface area contributed by atoms with Crippen LogP contribution in [-0.2, 0) is 0 Å². The van der Waals surface area contributed by atoms with E-state index in [9.17, 15) is 27.5 Å². The Hall–Kier alpha value is -3.53. The molecule has 3 aromatic rings. The van der Waals surface area contributed by atoms with Gasteiger partial charge in [0.2, 0.25) is 5.72 Å². The van der Waals surface area contributed by atoms with Crippen molar-refractivity contribution in [2.75, 3.05) is 6.61 Å². The average molecular weight is 475 g/mol. The molecule has 34 heavy (non-hydrogen) atoms. The van der Waals surface area contributed by atoms with Crippen molar-refractivity contribution in [2.24, 2.45) is 5.10 Å². The predicted molar refractivity (Wildman–Crippen MR) is 118 cm³/mol. The molecule has 0 bridgehead atoms. The molecular weight excluding hydrogens is 454 g/mol. The number of pyridine rings is 1. The quantitative estimate of drug-likeness (QED) is 0.508. The minimum atomic E-state index is -3.52. The molecule has 0 saturated heterocycles. The third kappa shape index (κ3) is 4.21. The Bertz CT molecular complexity index is 1260. The second kappa shape index (κ2) is 9.02. The SMILES string of the molecule is CCOc1ccc(-c2cc(C(=O)N3N=C(C(F)F)CC3(O)C(F)F)c3cc(C)ccc3n2)cc1. The third-order valence-electron chi connectivity index (χ3n) is 5.49. The number of alkyl halides is 4. The van der Waals surface area contributed by atoms with E-state index in [1.54, 1.807) is 49.4 Å². The maximum absolute atomic E-state index is 13.7. The highest BCUT2D eigenvalue weighted by Crippen LogP contribution is 2.36. The van der Waals surface area contributed by atoms with Gasteiger partial charge in [0.05, 0.1) is 23.4 Å². The molecule has 0 spiro atoms. The number of ether oxygens (including phenoxy) is 1. The highest BCUT2D eigenvalue weighted by atomic mass is 19.3. The van der Waals surface area contributed by atoms with Gasteiger partial charge < -0.3 is 9.84 Å². The molecule has 1 aliphatic heterocycles. The van der Waals surface area contributed by atoms with Gasteiger partial charge in [-0.15, -0.1) is 0 Å². The van der Waals surface area contributed by atoms with Crippen molar-refractivity contribution in [3.05, 3.63) is 59.7 Å². The van der Waals surface area contributed by atoms with Crippen LogP contribution in [0.15, 0.2) is 53.6 Å². The van der Waals surface area contributed by atoms with E-state index in [4.69, 9.17) is 4.74 Å². The zero-order valence-electron chi connectivity index (χ0n) is 18.3. The summed E-state index contributed by atoms with van der Waals surface area (Å²) in [5, 5.41) is 14.2. The van der Waals surface area contributed by atoms with Gasteiger partial charge in [-0.2, -0.15) is 10.1 Å². The molecule has 10 heteroatoms. The molecule has 4 rings (SSSR count). The number of halogens is 4. The lowest BCUT2D eigenvalue weighted by Gasteiger charge is -2.30. The van der Waals surface area contributed by atoms with Gasteiger partial charge in [-0.1, -0.05) is 11.6 Å². The summed E-state index contributed by atoms with van der Waals surface area (Å²) < 4.78 is 59.3. The Balaban J connectivity index is 1.86. The second-order valence-corrected chi connectivity index (χ2v) is 7.90. The highest BCUT2D eigenvalue weighted by molar-refractivity contribution is 6.08. The number of amides is 1. The van der Waals surface area contributed by atoms with Gasteiger partial charge in [-0.3, -0.25) is 4.79 Å². The highest BCUT2D eigenvalue weighted by Gasteiger charge is 2.53. The van der Waals surface area contributed by atoms with Gasteiger partial charge in [0, 0.05) is 17.4 Å². The molecule has 1 amide bonds. The van der Waals surface area contributed by atoms with Gasteiger partial charge >= 0.3 is 0 Å². The van der Waals surface area contributed by atoms with Crippen LogP contribution < -0.4 is 4.74 Å². The smallest absolute Gasteiger partial charge is 0.287 e. The number of benzene rings is 2. The molecular formula is C24H21F4N3O3. The number of hydrogen-bond acceptors (Lipinski definition) is 5. The van der Waals surface area contributed by atoms with Crippen molar-refractivity contribution in [1.82, 2.24) is 9.99 Å².